The molecule has 2 aliphatic heterocycles. The average molecular weight is 409 g/mol. The van der Waals surface area contributed by atoms with Crippen molar-refractivity contribution in [2.24, 2.45) is 5.92 Å². The Morgan fingerprint density at radius 1 is 1.14 bits per heavy atom. The molecule has 3 amide bonds. The van der Waals surface area contributed by atoms with Crippen LogP contribution in [0.2, 0.25) is 0 Å². The van der Waals surface area contributed by atoms with E-state index in [-0.39, 0.29) is 24.4 Å². The maximum atomic E-state index is 12.9. The summed E-state index contributed by atoms with van der Waals surface area (Å²) >= 11 is 0. The van der Waals surface area contributed by atoms with E-state index in [1.54, 1.807) is 19.0 Å². The van der Waals surface area contributed by atoms with Crippen molar-refractivity contribution in [1.29, 1.82) is 0 Å². The SMILES string of the molecule is CN(C)C(=O)CN1C[C@@H]2CCN(C(=O)NCc3ccccc3)CC[C@@H]2S1(=O)=O. The molecule has 2 fully saturated rings. The van der Waals surface area contributed by atoms with Crippen molar-refractivity contribution in [3.63, 3.8) is 0 Å². The van der Waals surface area contributed by atoms with Gasteiger partial charge in [-0.1, -0.05) is 30.3 Å². The van der Waals surface area contributed by atoms with Crippen LogP contribution in [0.4, 0.5) is 4.79 Å². The van der Waals surface area contributed by atoms with E-state index in [9.17, 15) is 18.0 Å². The summed E-state index contributed by atoms with van der Waals surface area (Å²) in [6.45, 7) is 1.61. The molecule has 3 rings (SSSR count). The van der Waals surface area contributed by atoms with Gasteiger partial charge in [-0.3, -0.25) is 4.79 Å². The summed E-state index contributed by atoms with van der Waals surface area (Å²) in [6, 6.07) is 9.50. The second-order valence-electron chi connectivity index (χ2n) is 7.63. The number of nitrogens with one attached hydrogen (secondary N) is 1. The molecule has 0 radical (unpaired) electrons. The molecule has 0 aliphatic carbocycles. The van der Waals surface area contributed by atoms with Crippen LogP contribution in [-0.2, 0) is 21.4 Å². The van der Waals surface area contributed by atoms with Gasteiger partial charge in [0.2, 0.25) is 15.9 Å². The first-order valence-corrected chi connectivity index (χ1v) is 11.0. The van der Waals surface area contributed by atoms with Crippen molar-refractivity contribution in [2.75, 3.05) is 40.3 Å². The standard InChI is InChI=1S/C19H28N4O4S/c1-21(2)18(24)14-23-13-16-8-10-22(11-9-17(16)28(23,26)27)19(25)20-12-15-6-4-3-5-7-15/h3-7,16-17H,8-14H2,1-2H3,(H,20,25)/t16-,17-/m0/s1. The average Bonchev–Trinajstić information content (AvgIpc) is 2.81. The summed E-state index contributed by atoms with van der Waals surface area (Å²) in [5.74, 6) is -0.270. The van der Waals surface area contributed by atoms with Crippen molar-refractivity contribution in [1.82, 2.24) is 19.4 Å². The van der Waals surface area contributed by atoms with E-state index in [1.165, 1.54) is 9.21 Å². The zero-order valence-corrected chi connectivity index (χ0v) is 17.2. The van der Waals surface area contributed by atoms with Crippen molar-refractivity contribution in [2.45, 2.75) is 24.6 Å². The second-order valence-corrected chi connectivity index (χ2v) is 9.78. The Morgan fingerprint density at radius 3 is 2.50 bits per heavy atom. The highest BCUT2D eigenvalue weighted by Crippen LogP contribution is 2.34. The van der Waals surface area contributed by atoms with Crippen LogP contribution in [0.15, 0.2) is 30.3 Å². The van der Waals surface area contributed by atoms with Gasteiger partial charge < -0.3 is 15.1 Å². The normalized spacial score (nSPS) is 24.3. The molecule has 0 spiro atoms. The van der Waals surface area contributed by atoms with E-state index in [0.29, 0.717) is 39.0 Å². The van der Waals surface area contributed by atoms with Crippen LogP contribution in [0.3, 0.4) is 0 Å². The van der Waals surface area contributed by atoms with Crippen LogP contribution in [0, 0.1) is 5.92 Å². The topological polar surface area (TPSA) is 90.0 Å². The highest BCUT2D eigenvalue weighted by atomic mass is 32.2. The summed E-state index contributed by atoms with van der Waals surface area (Å²) in [4.78, 5) is 27.5. The maximum Gasteiger partial charge on any atom is 0.317 e. The Kier molecular flexibility index (Phi) is 6.24. The fourth-order valence-electron chi connectivity index (χ4n) is 3.83. The molecule has 0 saturated carbocycles. The van der Waals surface area contributed by atoms with E-state index in [0.717, 1.165) is 5.56 Å². The van der Waals surface area contributed by atoms with E-state index < -0.39 is 15.3 Å². The Labute approximate surface area is 166 Å². The Hall–Kier alpha value is -2.13. The molecule has 9 heteroatoms. The highest BCUT2D eigenvalue weighted by Gasteiger charge is 2.47. The molecule has 2 atom stereocenters. The number of sulfonamides is 1. The fraction of sp³-hybridized carbons (Fsp3) is 0.579. The summed E-state index contributed by atoms with van der Waals surface area (Å²) in [7, 11) is -0.277. The van der Waals surface area contributed by atoms with Crippen LogP contribution < -0.4 is 5.32 Å². The Balaban J connectivity index is 1.58. The zero-order valence-electron chi connectivity index (χ0n) is 16.4. The number of benzene rings is 1. The lowest BCUT2D eigenvalue weighted by Crippen LogP contribution is -2.42. The molecule has 8 nitrogen and oxygen atoms in total. The first kappa shape index (κ1) is 20.6. The van der Waals surface area contributed by atoms with Gasteiger partial charge in [0.25, 0.3) is 0 Å². The molecule has 1 N–H and O–H groups in total. The number of likely N-dealkylation sites (tertiary alicyclic amines) is 1. The molecule has 1 aromatic rings. The molecule has 0 unspecified atom stereocenters. The van der Waals surface area contributed by atoms with Crippen LogP contribution in [0.1, 0.15) is 18.4 Å². The lowest BCUT2D eigenvalue weighted by atomic mass is 10.0. The van der Waals surface area contributed by atoms with Gasteiger partial charge in [-0.15, -0.1) is 0 Å². The van der Waals surface area contributed by atoms with Gasteiger partial charge in [-0.25, -0.2) is 13.2 Å². The largest absolute Gasteiger partial charge is 0.348 e. The lowest BCUT2D eigenvalue weighted by Gasteiger charge is -2.23. The number of nitrogens with zero attached hydrogens (tertiary/aromatic N) is 3. The number of hydrogen-bond acceptors (Lipinski definition) is 4. The van der Waals surface area contributed by atoms with Gasteiger partial charge in [-0.05, 0) is 24.3 Å². The minimum absolute atomic E-state index is 0.0492. The number of fused-ring (bicyclic) bond motifs is 1. The number of carbonyl (C=O) groups excluding carboxylic acids is 2. The molecule has 28 heavy (non-hydrogen) atoms. The summed E-state index contributed by atoms with van der Waals surface area (Å²) in [6.07, 6.45) is 1.02. The monoisotopic (exact) mass is 408 g/mol. The number of rotatable bonds is 4. The highest BCUT2D eigenvalue weighted by molar-refractivity contribution is 7.90. The quantitative estimate of drug-likeness (QED) is 0.795. The predicted molar refractivity (Wildman–Crippen MR) is 106 cm³/mol. The Morgan fingerprint density at radius 2 is 1.82 bits per heavy atom. The van der Waals surface area contributed by atoms with E-state index >= 15 is 0 Å². The van der Waals surface area contributed by atoms with Crippen LogP contribution in [0.25, 0.3) is 0 Å². The van der Waals surface area contributed by atoms with E-state index in [2.05, 4.69) is 5.32 Å². The van der Waals surface area contributed by atoms with Crippen LogP contribution >= 0.6 is 0 Å². The molecule has 0 bridgehead atoms. The Bertz CT molecular complexity index is 812. The smallest absolute Gasteiger partial charge is 0.317 e. The number of likely N-dealkylation sites (N-methyl/N-ethyl adjacent to an activating group) is 1. The molecular formula is C19H28N4O4S. The summed E-state index contributed by atoms with van der Waals surface area (Å²) < 4.78 is 27.0. The van der Waals surface area contributed by atoms with Gasteiger partial charge in [0.1, 0.15) is 0 Å². The van der Waals surface area contributed by atoms with Crippen molar-refractivity contribution >= 4 is 22.0 Å². The van der Waals surface area contributed by atoms with Gasteiger partial charge in [0, 0.05) is 40.3 Å². The number of hydrogen-bond donors (Lipinski definition) is 1. The molecule has 2 saturated heterocycles. The number of urea groups is 1. The predicted octanol–water partition coefficient (Wildman–Crippen LogP) is 0.710. The van der Waals surface area contributed by atoms with Gasteiger partial charge in [0.05, 0.1) is 11.8 Å². The fourth-order valence-corrected chi connectivity index (χ4v) is 6.02. The van der Waals surface area contributed by atoms with Crippen LogP contribution in [0.5, 0.6) is 0 Å². The molecule has 154 valence electrons. The molecular weight excluding hydrogens is 380 g/mol. The molecule has 2 aliphatic rings. The minimum Gasteiger partial charge on any atom is -0.348 e. The van der Waals surface area contributed by atoms with Crippen molar-refractivity contribution in [3.05, 3.63) is 35.9 Å². The third-order valence-electron chi connectivity index (χ3n) is 5.54. The van der Waals surface area contributed by atoms with Crippen molar-refractivity contribution in [3.8, 4) is 0 Å². The summed E-state index contributed by atoms with van der Waals surface area (Å²) in [5, 5.41) is 2.39. The molecule has 1 aromatic carbocycles. The first-order chi connectivity index (χ1) is 13.3. The summed E-state index contributed by atoms with van der Waals surface area (Å²) in [5.41, 5.74) is 1.02. The molecule has 0 aromatic heterocycles. The van der Waals surface area contributed by atoms with E-state index in [1.807, 2.05) is 30.3 Å². The minimum atomic E-state index is -3.52. The second kappa shape index (κ2) is 8.48. The van der Waals surface area contributed by atoms with Crippen LogP contribution in [-0.4, -0.2) is 80.0 Å². The molecule has 2 heterocycles. The third-order valence-corrected chi connectivity index (χ3v) is 7.93. The van der Waals surface area contributed by atoms with E-state index in [4.69, 9.17) is 0 Å². The van der Waals surface area contributed by atoms with Gasteiger partial charge in [-0.2, -0.15) is 4.31 Å². The first-order valence-electron chi connectivity index (χ1n) is 9.55. The maximum absolute atomic E-state index is 12.9. The van der Waals surface area contributed by atoms with Crippen molar-refractivity contribution < 1.29 is 18.0 Å². The lowest BCUT2D eigenvalue weighted by molar-refractivity contribution is -0.128. The van der Waals surface area contributed by atoms with Gasteiger partial charge in [0.15, 0.2) is 0 Å². The third kappa shape index (κ3) is 4.47. The number of amides is 3. The number of carbonyl (C=O) groups is 2. The zero-order chi connectivity index (χ0) is 20.3. The van der Waals surface area contributed by atoms with Gasteiger partial charge >= 0.3 is 6.03 Å².